The second-order valence-electron chi connectivity index (χ2n) is 8.07. The predicted molar refractivity (Wildman–Crippen MR) is 131 cm³/mol. The van der Waals surface area contributed by atoms with Crippen LogP contribution in [0.5, 0.6) is 0 Å². The lowest BCUT2D eigenvalue weighted by molar-refractivity contribution is -0.146. The second kappa shape index (κ2) is 9.95. The molecule has 1 amide bonds. The lowest BCUT2D eigenvalue weighted by Crippen LogP contribution is -2.35. The van der Waals surface area contributed by atoms with Crippen LogP contribution in [0, 0.1) is 6.92 Å². The summed E-state index contributed by atoms with van der Waals surface area (Å²) in [5.74, 6) is -2.38. The molecule has 1 aliphatic heterocycles. The first-order valence-electron chi connectivity index (χ1n) is 10.6. The van der Waals surface area contributed by atoms with Crippen molar-refractivity contribution in [1.82, 2.24) is 5.01 Å². The molecule has 0 bridgehead atoms. The Morgan fingerprint density at radius 2 is 1.68 bits per heavy atom. The standard InChI is InChI=1S/C26H21Cl2FN2O3/c1-15-3-2-4-20(25(15)17-7-11-19(28)12-8-17)22-14-23(16-5-9-18(27)10-6-16)31(30-22)26(34)21(29)13-24(32)33/h2-12,21,23H,13-14H2,1H3,(H,32,33)/t21?,23-/m1/s1. The van der Waals surface area contributed by atoms with Crippen molar-refractivity contribution in [3.8, 4) is 11.1 Å². The number of carboxylic acids is 1. The van der Waals surface area contributed by atoms with Gasteiger partial charge in [-0.15, -0.1) is 0 Å². The Bertz CT molecular complexity index is 1260. The Kier molecular flexibility index (Phi) is 7.00. The van der Waals surface area contributed by atoms with E-state index < -0.39 is 30.5 Å². The first-order chi connectivity index (χ1) is 16.2. The molecule has 0 spiro atoms. The molecule has 5 nitrogen and oxygen atoms in total. The zero-order chi connectivity index (χ0) is 24.4. The maximum absolute atomic E-state index is 14.6. The fourth-order valence-electron chi connectivity index (χ4n) is 4.11. The van der Waals surface area contributed by atoms with Crippen molar-refractivity contribution in [2.75, 3.05) is 0 Å². The summed E-state index contributed by atoms with van der Waals surface area (Å²) < 4.78 is 14.6. The summed E-state index contributed by atoms with van der Waals surface area (Å²) in [5.41, 5.74) is 5.01. The van der Waals surface area contributed by atoms with Crippen molar-refractivity contribution < 1.29 is 19.1 Å². The Morgan fingerprint density at radius 3 is 2.29 bits per heavy atom. The van der Waals surface area contributed by atoms with E-state index in [1.54, 1.807) is 36.4 Å². The van der Waals surface area contributed by atoms with Crippen LogP contribution in [0.3, 0.4) is 0 Å². The smallest absolute Gasteiger partial charge is 0.306 e. The molecule has 2 atom stereocenters. The number of carbonyl (C=O) groups excluding carboxylic acids is 1. The van der Waals surface area contributed by atoms with Crippen molar-refractivity contribution in [2.45, 2.75) is 32.0 Å². The first-order valence-corrected chi connectivity index (χ1v) is 11.4. The number of amides is 1. The van der Waals surface area contributed by atoms with Gasteiger partial charge in [0.1, 0.15) is 0 Å². The lowest BCUT2D eigenvalue weighted by Gasteiger charge is -2.23. The van der Waals surface area contributed by atoms with E-state index in [1.807, 2.05) is 37.3 Å². The molecule has 34 heavy (non-hydrogen) atoms. The number of hydrazone groups is 1. The number of rotatable bonds is 6. The maximum atomic E-state index is 14.6. The molecule has 174 valence electrons. The van der Waals surface area contributed by atoms with Gasteiger partial charge in [-0.2, -0.15) is 5.10 Å². The second-order valence-corrected chi connectivity index (χ2v) is 8.94. The van der Waals surface area contributed by atoms with Gasteiger partial charge in [-0.25, -0.2) is 9.40 Å². The Balaban J connectivity index is 1.79. The lowest BCUT2D eigenvalue weighted by atomic mass is 9.90. The molecule has 0 saturated carbocycles. The van der Waals surface area contributed by atoms with E-state index in [2.05, 4.69) is 5.10 Å². The van der Waals surface area contributed by atoms with Crippen LogP contribution >= 0.6 is 23.2 Å². The van der Waals surface area contributed by atoms with Crippen LogP contribution in [-0.4, -0.2) is 33.9 Å². The molecule has 4 rings (SSSR count). The Morgan fingerprint density at radius 1 is 1.06 bits per heavy atom. The van der Waals surface area contributed by atoms with E-state index in [1.165, 1.54) is 0 Å². The van der Waals surface area contributed by atoms with E-state index in [4.69, 9.17) is 28.3 Å². The molecule has 8 heteroatoms. The minimum atomic E-state index is -2.20. The van der Waals surface area contributed by atoms with Gasteiger partial charge in [0.2, 0.25) is 0 Å². The number of nitrogens with zero attached hydrogens (tertiary/aromatic N) is 2. The molecule has 0 aliphatic carbocycles. The van der Waals surface area contributed by atoms with E-state index in [0.29, 0.717) is 22.2 Å². The van der Waals surface area contributed by atoms with Gasteiger partial charge >= 0.3 is 5.97 Å². The highest BCUT2D eigenvalue weighted by molar-refractivity contribution is 6.30. The zero-order valence-electron chi connectivity index (χ0n) is 18.2. The highest BCUT2D eigenvalue weighted by Gasteiger charge is 2.38. The number of benzene rings is 3. The van der Waals surface area contributed by atoms with Gasteiger partial charge in [-0.1, -0.05) is 65.7 Å². The summed E-state index contributed by atoms with van der Waals surface area (Å²) in [6, 6.07) is 19.5. The van der Waals surface area contributed by atoms with Crippen molar-refractivity contribution >= 4 is 40.8 Å². The number of hydrogen-bond acceptors (Lipinski definition) is 3. The molecule has 0 aromatic heterocycles. The zero-order valence-corrected chi connectivity index (χ0v) is 19.7. The Hall–Kier alpha value is -3.22. The summed E-state index contributed by atoms with van der Waals surface area (Å²) in [7, 11) is 0. The molecule has 1 N–H and O–H groups in total. The van der Waals surface area contributed by atoms with Gasteiger partial charge in [-0.05, 0) is 53.4 Å². The molecule has 0 saturated heterocycles. The number of aryl methyl sites for hydroxylation is 1. The average Bonchev–Trinajstić information content (AvgIpc) is 3.24. The quantitative estimate of drug-likeness (QED) is 0.423. The van der Waals surface area contributed by atoms with Crippen molar-refractivity contribution in [3.63, 3.8) is 0 Å². The number of carbonyl (C=O) groups is 2. The molecule has 3 aromatic carbocycles. The molecule has 1 unspecified atom stereocenters. The fraction of sp³-hybridized carbons (Fsp3) is 0.192. The largest absolute Gasteiger partial charge is 0.481 e. The summed E-state index contributed by atoms with van der Waals surface area (Å²) in [5, 5.41) is 15.7. The van der Waals surface area contributed by atoms with Gasteiger partial charge in [0, 0.05) is 22.0 Å². The van der Waals surface area contributed by atoms with Crippen LogP contribution in [0.25, 0.3) is 11.1 Å². The number of hydrogen-bond donors (Lipinski definition) is 1. The summed E-state index contributed by atoms with van der Waals surface area (Å²) >= 11 is 12.1. The summed E-state index contributed by atoms with van der Waals surface area (Å²) in [4.78, 5) is 23.9. The minimum Gasteiger partial charge on any atom is -0.481 e. The third-order valence-corrected chi connectivity index (χ3v) is 6.23. The van der Waals surface area contributed by atoms with Crippen molar-refractivity contribution in [2.24, 2.45) is 5.10 Å². The van der Waals surface area contributed by atoms with Gasteiger partial charge in [0.05, 0.1) is 18.2 Å². The molecular weight excluding hydrogens is 478 g/mol. The van der Waals surface area contributed by atoms with Crippen LogP contribution in [0.4, 0.5) is 4.39 Å². The number of alkyl halides is 1. The SMILES string of the molecule is Cc1cccc(C2=NN(C(=O)C(F)CC(=O)O)[C@@H](c3ccc(Cl)cc3)C2)c1-c1ccc(Cl)cc1. The molecule has 3 aromatic rings. The number of aliphatic carboxylic acids is 1. The third kappa shape index (κ3) is 4.98. The van der Waals surface area contributed by atoms with E-state index >= 15 is 0 Å². The number of carboxylic acid groups (broad SMARTS) is 1. The van der Waals surface area contributed by atoms with E-state index in [9.17, 15) is 14.0 Å². The third-order valence-electron chi connectivity index (χ3n) is 5.73. The minimum absolute atomic E-state index is 0.331. The van der Waals surface area contributed by atoms with Gasteiger partial charge < -0.3 is 5.11 Å². The van der Waals surface area contributed by atoms with E-state index in [-0.39, 0.29) is 0 Å². The van der Waals surface area contributed by atoms with Crippen LogP contribution in [0.15, 0.2) is 71.8 Å². The molecule has 0 fully saturated rings. The van der Waals surface area contributed by atoms with Crippen molar-refractivity contribution in [3.05, 3.63) is 93.5 Å². The first kappa shape index (κ1) is 23.9. The van der Waals surface area contributed by atoms with Crippen LogP contribution in [0.2, 0.25) is 10.0 Å². The summed E-state index contributed by atoms with van der Waals surface area (Å²) in [6.45, 7) is 1.98. The molecular formula is C26H21Cl2FN2O3. The molecule has 1 heterocycles. The van der Waals surface area contributed by atoms with Gasteiger partial charge in [0.25, 0.3) is 5.91 Å². The Labute approximate surface area is 206 Å². The highest BCUT2D eigenvalue weighted by atomic mass is 35.5. The molecule has 1 aliphatic rings. The molecule has 0 radical (unpaired) electrons. The van der Waals surface area contributed by atoms with Crippen LogP contribution < -0.4 is 0 Å². The van der Waals surface area contributed by atoms with Crippen LogP contribution in [-0.2, 0) is 9.59 Å². The van der Waals surface area contributed by atoms with Gasteiger partial charge in [-0.3, -0.25) is 9.59 Å². The summed E-state index contributed by atoms with van der Waals surface area (Å²) in [6.07, 6.45) is -2.80. The van der Waals surface area contributed by atoms with Crippen LogP contribution in [0.1, 0.15) is 35.6 Å². The van der Waals surface area contributed by atoms with Gasteiger partial charge in [0.15, 0.2) is 6.17 Å². The normalized spacial score (nSPS) is 16.3. The predicted octanol–water partition coefficient (Wildman–Crippen LogP) is 6.46. The van der Waals surface area contributed by atoms with Crippen molar-refractivity contribution in [1.29, 1.82) is 0 Å². The average molecular weight is 499 g/mol. The maximum Gasteiger partial charge on any atom is 0.306 e. The van der Waals surface area contributed by atoms with E-state index in [0.717, 1.165) is 32.8 Å². The fourth-order valence-corrected chi connectivity index (χ4v) is 4.36. The topological polar surface area (TPSA) is 70.0 Å². The number of halogens is 3. The highest BCUT2D eigenvalue weighted by Crippen LogP contribution is 2.38. The monoisotopic (exact) mass is 498 g/mol.